The SMILES string of the molecule is CC(C)(C)Oc1cccc(Br)c1O. The quantitative estimate of drug-likeness (QED) is 0.822. The van der Waals surface area contributed by atoms with Gasteiger partial charge in [0.05, 0.1) is 4.47 Å². The van der Waals surface area contributed by atoms with E-state index in [2.05, 4.69) is 15.9 Å². The second kappa shape index (κ2) is 3.58. The van der Waals surface area contributed by atoms with Gasteiger partial charge in [0.1, 0.15) is 5.60 Å². The van der Waals surface area contributed by atoms with Crippen molar-refractivity contribution >= 4 is 15.9 Å². The van der Waals surface area contributed by atoms with Crippen LogP contribution in [0, 0.1) is 0 Å². The van der Waals surface area contributed by atoms with Gasteiger partial charge in [-0.1, -0.05) is 6.07 Å². The smallest absolute Gasteiger partial charge is 0.172 e. The fraction of sp³-hybridized carbons (Fsp3) is 0.400. The van der Waals surface area contributed by atoms with Crippen molar-refractivity contribution in [1.29, 1.82) is 0 Å². The zero-order valence-electron chi connectivity index (χ0n) is 7.97. The van der Waals surface area contributed by atoms with Gasteiger partial charge in [0, 0.05) is 0 Å². The molecule has 0 amide bonds. The molecule has 0 radical (unpaired) electrons. The van der Waals surface area contributed by atoms with Crippen LogP contribution in [0.2, 0.25) is 0 Å². The van der Waals surface area contributed by atoms with Crippen LogP contribution in [-0.2, 0) is 0 Å². The van der Waals surface area contributed by atoms with E-state index in [4.69, 9.17) is 4.74 Å². The summed E-state index contributed by atoms with van der Waals surface area (Å²) in [7, 11) is 0. The number of aromatic hydroxyl groups is 1. The summed E-state index contributed by atoms with van der Waals surface area (Å²) < 4.78 is 6.18. The van der Waals surface area contributed by atoms with E-state index < -0.39 is 0 Å². The minimum atomic E-state index is -0.293. The number of benzene rings is 1. The maximum atomic E-state index is 9.59. The van der Waals surface area contributed by atoms with Gasteiger partial charge in [0.2, 0.25) is 0 Å². The van der Waals surface area contributed by atoms with Crippen molar-refractivity contribution in [3.8, 4) is 11.5 Å². The molecule has 0 aliphatic rings. The monoisotopic (exact) mass is 244 g/mol. The molecule has 0 heterocycles. The largest absolute Gasteiger partial charge is 0.503 e. The number of hydrogen-bond donors (Lipinski definition) is 1. The van der Waals surface area contributed by atoms with Crippen molar-refractivity contribution in [2.24, 2.45) is 0 Å². The van der Waals surface area contributed by atoms with Gasteiger partial charge < -0.3 is 9.84 Å². The molecule has 2 nitrogen and oxygen atoms in total. The van der Waals surface area contributed by atoms with Gasteiger partial charge in [0.25, 0.3) is 0 Å². The van der Waals surface area contributed by atoms with Gasteiger partial charge in [-0.05, 0) is 48.8 Å². The van der Waals surface area contributed by atoms with Crippen LogP contribution in [-0.4, -0.2) is 10.7 Å². The lowest BCUT2D eigenvalue weighted by molar-refractivity contribution is 0.125. The maximum Gasteiger partial charge on any atom is 0.172 e. The lowest BCUT2D eigenvalue weighted by atomic mass is 10.2. The van der Waals surface area contributed by atoms with E-state index in [1.807, 2.05) is 26.8 Å². The molecule has 0 aliphatic carbocycles. The van der Waals surface area contributed by atoms with Gasteiger partial charge in [0.15, 0.2) is 11.5 Å². The summed E-state index contributed by atoms with van der Waals surface area (Å²) in [6, 6.07) is 5.33. The number of phenolic OH excluding ortho intramolecular Hbond substituents is 1. The Kier molecular flexibility index (Phi) is 2.86. The Hall–Kier alpha value is -0.700. The minimum absolute atomic E-state index is 0.150. The van der Waals surface area contributed by atoms with Gasteiger partial charge >= 0.3 is 0 Å². The van der Waals surface area contributed by atoms with Gasteiger partial charge in [-0.15, -0.1) is 0 Å². The third-order valence-corrected chi connectivity index (χ3v) is 2.01. The zero-order valence-corrected chi connectivity index (χ0v) is 9.55. The van der Waals surface area contributed by atoms with Crippen LogP contribution >= 0.6 is 15.9 Å². The molecule has 1 aromatic carbocycles. The Morgan fingerprint density at radius 1 is 1.31 bits per heavy atom. The molecule has 1 rings (SSSR count). The third kappa shape index (κ3) is 2.92. The molecule has 72 valence electrons. The number of phenols is 1. The highest BCUT2D eigenvalue weighted by molar-refractivity contribution is 9.10. The molecule has 13 heavy (non-hydrogen) atoms. The maximum absolute atomic E-state index is 9.59. The summed E-state index contributed by atoms with van der Waals surface area (Å²) in [5, 5.41) is 9.59. The number of halogens is 1. The van der Waals surface area contributed by atoms with Gasteiger partial charge in [-0.3, -0.25) is 0 Å². The Balaban J connectivity index is 2.96. The van der Waals surface area contributed by atoms with E-state index in [1.54, 1.807) is 12.1 Å². The molecule has 3 heteroatoms. The topological polar surface area (TPSA) is 29.5 Å². The van der Waals surface area contributed by atoms with Crippen LogP contribution in [0.5, 0.6) is 11.5 Å². The molecular weight excluding hydrogens is 232 g/mol. The molecule has 0 saturated carbocycles. The first-order valence-corrected chi connectivity index (χ1v) is 4.86. The Bertz CT molecular complexity index is 302. The normalized spacial score (nSPS) is 11.4. The first-order valence-electron chi connectivity index (χ1n) is 4.06. The standard InChI is InChI=1S/C10H13BrO2/c1-10(2,3)13-8-6-4-5-7(11)9(8)12/h4-6,12H,1-3H3. The highest BCUT2D eigenvalue weighted by atomic mass is 79.9. The van der Waals surface area contributed by atoms with Crippen molar-refractivity contribution in [2.45, 2.75) is 26.4 Å². The van der Waals surface area contributed by atoms with E-state index in [-0.39, 0.29) is 11.4 Å². The molecule has 1 aromatic rings. The minimum Gasteiger partial charge on any atom is -0.503 e. The van der Waals surface area contributed by atoms with Crippen molar-refractivity contribution in [1.82, 2.24) is 0 Å². The molecule has 0 unspecified atom stereocenters. The van der Waals surface area contributed by atoms with Crippen LogP contribution in [0.15, 0.2) is 22.7 Å². The second-order valence-corrected chi connectivity index (χ2v) is 4.66. The lowest BCUT2D eigenvalue weighted by Crippen LogP contribution is -2.22. The molecule has 0 saturated heterocycles. The highest BCUT2D eigenvalue weighted by Crippen LogP contribution is 2.35. The van der Waals surface area contributed by atoms with Crippen molar-refractivity contribution in [3.63, 3.8) is 0 Å². The fourth-order valence-electron chi connectivity index (χ4n) is 0.908. The van der Waals surface area contributed by atoms with Crippen LogP contribution in [0.25, 0.3) is 0 Å². The van der Waals surface area contributed by atoms with Crippen LogP contribution in [0.1, 0.15) is 20.8 Å². The zero-order chi connectivity index (χ0) is 10.1. The number of rotatable bonds is 1. The van der Waals surface area contributed by atoms with Crippen molar-refractivity contribution in [3.05, 3.63) is 22.7 Å². The third-order valence-electron chi connectivity index (χ3n) is 1.37. The van der Waals surface area contributed by atoms with E-state index in [1.165, 1.54) is 0 Å². The molecule has 0 spiro atoms. The second-order valence-electron chi connectivity index (χ2n) is 3.80. The molecule has 0 aliphatic heterocycles. The number of ether oxygens (including phenoxy) is 1. The molecule has 1 N–H and O–H groups in total. The van der Waals surface area contributed by atoms with Gasteiger partial charge in [-0.2, -0.15) is 0 Å². The molecule has 0 bridgehead atoms. The average molecular weight is 245 g/mol. The van der Waals surface area contributed by atoms with E-state index >= 15 is 0 Å². The number of para-hydroxylation sites is 1. The summed E-state index contributed by atoms with van der Waals surface area (Å²) in [4.78, 5) is 0. The average Bonchev–Trinajstić information content (AvgIpc) is 1.96. The lowest BCUT2D eigenvalue weighted by Gasteiger charge is -2.21. The first-order chi connectivity index (χ1) is 5.90. The Morgan fingerprint density at radius 2 is 1.92 bits per heavy atom. The Morgan fingerprint density at radius 3 is 2.46 bits per heavy atom. The summed E-state index contributed by atoms with van der Waals surface area (Å²) in [5.74, 6) is 0.652. The summed E-state index contributed by atoms with van der Waals surface area (Å²) in [6.07, 6.45) is 0. The summed E-state index contributed by atoms with van der Waals surface area (Å²) >= 11 is 3.22. The first kappa shape index (κ1) is 10.4. The number of hydrogen-bond acceptors (Lipinski definition) is 2. The predicted molar refractivity (Wildman–Crippen MR) is 56.2 cm³/mol. The van der Waals surface area contributed by atoms with Crippen LogP contribution < -0.4 is 4.74 Å². The van der Waals surface area contributed by atoms with E-state index in [9.17, 15) is 5.11 Å². The van der Waals surface area contributed by atoms with Crippen molar-refractivity contribution in [2.75, 3.05) is 0 Å². The fourth-order valence-corrected chi connectivity index (χ4v) is 1.26. The van der Waals surface area contributed by atoms with Crippen molar-refractivity contribution < 1.29 is 9.84 Å². The molecule has 0 aromatic heterocycles. The van der Waals surface area contributed by atoms with Crippen LogP contribution in [0.3, 0.4) is 0 Å². The molecule has 0 fully saturated rings. The predicted octanol–water partition coefficient (Wildman–Crippen LogP) is 3.33. The van der Waals surface area contributed by atoms with Gasteiger partial charge in [-0.25, -0.2) is 0 Å². The summed E-state index contributed by atoms with van der Waals surface area (Å²) in [5.41, 5.74) is -0.293. The van der Waals surface area contributed by atoms with E-state index in [0.717, 1.165) is 0 Å². The Labute approximate surface area is 86.7 Å². The molecular formula is C10H13BrO2. The highest BCUT2D eigenvalue weighted by Gasteiger charge is 2.15. The summed E-state index contributed by atoms with van der Waals surface area (Å²) in [6.45, 7) is 5.81. The van der Waals surface area contributed by atoms with E-state index in [0.29, 0.717) is 10.2 Å². The molecule has 0 atom stereocenters. The van der Waals surface area contributed by atoms with Crippen LogP contribution in [0.4, 0.5) is 0 Å².